The lowest BCUT2D eigenvalue weighted by Crippen LogP contribution is -2.62. The van der Waals surface area contributed by atoms with Crippen LogP contribution >= 0.6 is 0 Å². The summed E-state index contributed by atoms with van der Waals surface area (Å²) in [6.07, 6.45) is 0.426. The summed E-state index contributed by atoms with van der Waals surface area (Å²) in [5, 5.41) is 11.4. The van der Waals surface area contributed by atoms with Crippen LogP contribution < -0.4 is 0 Å². The Morgan fingerprint density at radius 2 is 1.00 bits per heavy atom. The molecule has 0 saturated carbocycles. The third-order valence-corrected chi connectivity index (χ3v) is 6.58. The second kappa shape index (κ2) is 8.50. The van der Waals surface area contributed by atoms with E-state index >= 15 is 0 Å². The van der Waals surface area contributed by atoms with E-state index in [4.69, 9.17) is 0 Å². The largest absolute Gasteiger partial charge is 0.387 e. The van der Waals surface area contributed by atoms with Gasteiger partial charge in [0.1, 0.15) is 0 Å². The molecule has 0 aromatic heterocycles. The van der Waals surface area contributed by atoms with E-state index in [1.807, 2.05) is 30.3 Å². The van der Waals surface area contributed by atoms with Crippen molar-refractivity contribution >= 4 is 0 Å². The van der Waals surface area contributed by atoms with Crippen LogP contribution in [0.4, 0.5) is 0 Å². The van der Waals surface area contributed by atoms with Gasteiger partial charge in [0.15, 0.2) is 0 Å². The number of aliphatic hydroxyl groups is 1. The van der Waals surface area contributed by atoms with E-state index in [-0.39, 0.29) is 6.04 Å². The molecule has 5 rings (SSSR count). The summed E-state index contributed by atoms with van der Waals surface area (Å²) in [7, 11) is 0. The van der Waals surface area contributed by atoms with Crippen LogP contribution in [0.2, 0.25) is 0 Å². The Kier molecular flexibility index (Phi) is 5.42. The van der Waals surface area contributed by atoms with E-state index in [9.17, 15) is 5.11 Å². The van der Waals surface area contributed by atoms with Crippen LogP contribution in [-0.2, 0) is 5.54 Å². The van der Waals surface area contributed by atoms with E-state index in [0.717, 1.165) is 18.5 Å². The van der Waals surface area contributed by atoms with Crippen molar-refractivity contribution in [2.75, 3.05) is 6.54 Å². The van der Waals surface area contributed by atoms with Crippen molar-refractivity contribution in [3.8, 4) is 0 Å². The second-order valence-corrected chi connectivity index (χ2v) is 8.21. The summed E-state index contributed by atoms with van der Waals surface area (Å²) in [5.41, 5.74) is 4.16. The second-order valence-electron chi connectivity index (χ2n) is 8.21. The lowest BCUT2D eigenvalue weighted by molar-refractivity contribution is -0.0605. The van der Waals surface area contributed by atoms with Gasteiger partial charge in [-0.3, -0.25) is 4.90 Å². The van der Waals surface area contributed by atoms with Crippen LogP contribution in [0, 0.1) is 0 Å². The Morgan fingerprint density at radius 3 is 1.35 bits per heavy atom. The van der Waals surface area contributed by atoms with E-state index in [1.165, 1.54) is 16.7 Å². The molecule has 154 valence electrons. The van der Waals surface area contributed by atoms with Crippen molar-refractivity contribution in [3.63, 3.8) is 0 Å². The first-order chi connectivity index (χ1) is 15.3. The van der Waals surface area contributed by atoms with Crippen molar-refractivity contribution in [1.82, 2.24) is 4.90 Å². The monoisotopic (exact) mass is 405 g/mol. The number of nitrogens with zero attached hydrogens (tertiary/aromatic N) is 1. The molecule has 1 saturated heterocycles. The zero-order chi connectivity index (χ0) is 21.1. The molecular formula is C29H27NO. The molecule has 1 heterocycles. The Labute approximate surface area is 184 Å². The van der Waals surface area contributed by atoms with Gasteiger partial charge in [-0.1, -0.05) is 121 Å². The van der Waals surface area contributed by atoms with Gasteiger partial charge in [-0.25, -0.2) is 0 Å². The fourth-order valence-electron chi connectivity index (χ4n) is 5.06. The quantitative estimate of drug-likeness (QED) is 0.411. The number of hydrogen-bond donors (Lipinski definition) is 1. The molecule has 0 bridgehead atoms. The van der Waals surface area contributed by atoms with Gasteiger partial charge < -0.3 is 5.11 Å². The molecular weight excluding hydrogens is 378 g/mol. The average molecular weight is 406 g/mol. The predicted octanol–water partition coefficient (Wildman–Crippen LogP) is 5.79. The lowest BCUT2D eigenvalue weighted by atomic mass is 9.72. The highest BCUT2D eigenvalue weighted by atomic mass is 16.3. The number of likely N-dealkylation sites (tertiary alicyclic amines) is 1. The summed E-state index contributed by atoms with van der Waals surface area (Å²) in [4.78, 5) is 2.49. The van der Waals surface area contributed by atoms with Crippen LogP contribution in [0.15, 0.2) is 121 Å². The molecule has 0 spiro atoms. The normalized spacial score (nSPS) is 17.6. The first-order valence-corrected chi connectivity index (χ1v) is 11.0. The van der Waals surface area contributed by atoms with E-state index in [1.54, 1.807) is 0 Å². The number of rotatable bonds is 6. The fourth-order valence-corrected chi connectivity index (χ4v) is 5.06. The molecule has 31 heavy (non-hydrogen) atoms. The first kappa shape index (κ1) is 19.7. The molecule has 1 aliphatic rings. The van der Waals surface area contributed by atoms with Crippen LogP contribution in [0.25, 0.3) is 0 Å². The molecule has 4 aromatic carbocycles. The minimum atomic E-state index is -0.537. The van der Waals surface area contributed by atoms with Gasteiger partial charge in [-0.2, -0.15) is 0 Å². The summed E-state index contributed by atoms with van der Waals surface area (Å²) in [6.45, 7) is 0.924. The summed E-state index contributed by atoms with van der Waals surface area (Å²) < 4.78 is 0. The number of aliphatic hydroxyl groups excluding tert-OH is 1. The van der Waals surface area contributed by atoms with Crippen molar-refractivity contribution < 1.29 is 5.11 Å². The van der Waals surface area contributed by atoms with Gasteiger partial charge >= 0.3 is 0 Å². The SMILES string of the molecule is O[C@H](c1ccccc1)C1CCN1C(c1ccccc1)(c1ccccc1)c1ccccc1. The molecule has 1 aliphatic heterocycles. The molecule has 2 nitrogen and oxygen atoms in total. The Balaban J connectivity index is 1.71. The zero-order valence-corrected chi connectivity index (χ0v) is 17.5. The summed E-state index contributed by atoms with van der Waals surface area (Å²) in [5.74, 6) is 0. The average Bonchev–Trinajstić information content (AvgIpc) is 2.84. The standard InChI is InChI=1S/C29H27NO/c31-28(23-13-5-1-6-14-23)27-21-22-30(27)29(24-15-7-2-8-16-24,25-17-9-3-10-18-25)26-19-11-4-12-20-26/h1-20,27-28,31H,21-22H2/t27?,28-/m1/s1. The smallest absolute Gasteiger partial charge is 0.0976 e. The highest BCUT2D eigenvalue weighted by Gasteiger charge is 2.50. The van der Waals surface area contributed by atoms with Crippen molar-refractivity contribution in [2.24, 2.45) is 0 Å². The maximum atomic E-state index is 11.4. The van der Waals surface area contributed by atoms with Gasteiger partial charge in [0.05, 0.1) is 11.6 Å². The van der Waals surface area contributed by atoms with Gasteiger partial charge in [0, 0.05) is 12.6 Å². The molecule has 2 heteroatoms. The van der Waals surface area contributed by atoms with Crippen LogP contribution in [-0.4, -0.2) is 22.6 Å². The summed E-state index contributed by atoms with van der Waals surface area (Å²) in [6, 6.07) is 42.2. The van der Waals surface area contributed by atoms with Gasteiger partial charge in [0.2, 0.25) is 0 Å². The van der Waals surface area contributed by atoms with E-state index in [0.29, 0.717) is 0 Å². The third kappa shape index (κ3) is 3.38. The van der Waals surface area contributed by atoms with Crippen molar-refractivity contribution in [3.05, 3.63) is 144 Å². The van der Waals surface area contributed by atoms with E-state index in [2.05, 4.69) is 95.9 Å². The van der Waals surface area contributed by atoms with Crippen LogP contribution in [0.3, 0.4) is 0 Å². The molecule has 0 aliphatic carbocycles. The molecule has 4 aromatic rings. The Hall–Kier alpha value is -3.20. The van der Waals surface area contributed by atoms with Gasteiger partial charge in [-0.05, 0) is 28.7 Å². The molecule has 1 N–H and O–H groups in total. The number of hydrogen-bond acceptors (Lipinski definition) is 2. The third-order valence-electron chi connectivity index (χ3n) is 6.58. The Bertz CT molecular complexity index is 1000. The van der Waals surface area contributed by atoms with Gasteiger partial charge in [-0.15, -0.1) is 0 Å². The molecule has 0 radical (unpaired) electrons. The summed E-state index contributed by atoms with van der Waals surface area (Å²) >= 11 is 0. The maximum absolute atomic E-state index is 11.4. The molecule has 1 unspecified atom stereocenters. The van der Waals surface area contributed by atoms with Gasteiger partial charge in [0.25, 0.3) is 0 Å². The van der Waals surface area contributed by atoms with Crippen LogP contribution in [0.1, 0.15) is 34.8 Å². The highest BCUT2D eigenvalue weighted by Crippen LogP contribution is 2.48. The minimum absolute atomic E-state index is 0.0306. The Morgan fingerprint density at radius 1 is 0.613 bits per heavy atom. The maximum Gasteiger partial charge on any atom is 0.0976 e. The highest BCUT2D eigenvalue weighted by molar-refractivity contribution is 5.50. The minimum Gasteiger partial charge on any atom is -0.387 e. The lowest BCUT2D eigenvalue weighted by Gasteiger charge is -2.56. The molecule has 2 atom stereocenters. The number of benzene rings is 4. The zero-order valence-electron chi connectivity index (χ0n) is 17.5. The predicted molar refractivity (Wildman–Crippen MR) is 126 cm³/mol. The van der Waals surface area contributed by atoms with Crippen molar-refractivity contribution in [2.45, 2.75) is 24.1 Å². The fraction of sp³-hybridized carbons (Fsp3) is 0.172. The van der Waals surface area contributed by atoms with E-state index < -0.39 is 11.6 Å². The first-order valence-electron chi connectivity index (χ1n) is 11.0. The molecule has 0 amide bonds. The molecule has 1 fully saturated rings. The topological polar surface area (TPSA) is 23.5 Å². The van der Waals surface area contributed by atoms with Crippen molar-refractivity contribution in [1.29, 1.82) is 0 Å². The van der Waals surface area contributed by atoms with Crippen LogP contribution in [0.5, 0.6) is 0 Å².